The Balaban J connectivity index is 2.18. The van der Waals surface area contributed by atoms with Gasteiger partial charge < -0.3 is 0 Å². The smallest absolute Gasteiger partial charge is 0.175 e. The van der Waals surface area contributed by atoms with Gasteiger partial charge in [-0.25, -0.2) is 8.42 Å². The molecule has 5 heteroatoms. The molecule has 1 aliphatic carbocycles. The lowest BCUT2D eigenvalue weighted by atomic mass is 9.92. The van der Waals surface area contributed by atoms with Crippen LogP contribution in [0.25, 0.3) is 5.57 Å². The number of halogens is 1. The number of hydrogen-bond acceptors (Lipinski definition) is 3. The van der Waals surface area contributed by atoms with Gasteiger partial charge >= 0.3 is 0 Å². The molecule has 0 atom stereocenters. The van der Waals surface area contributed by atoms with Crippen molar-refractivity contribution in [1.82, 2.24) is 0 Å². The summed E-state index contributed by atoms with van der Waals surface area (Å²) in [6.45, 7) is 0. The summed E-state index contributed by atoms with van der Waals surface area (Å²) in [7, 11) is -3.25. The number of Topliss-reactive ketones (excluding diaryl/α,β-unsaturated/α-hetero) is 1. The van der Waals surface area contributed by atoms with E-state index in [1.807, 2.05) is 18.2 Å². The largest absolute Gasteiger partial charge is 0.295 e. The number of carbonyl (C=O) groups excluding carboxylic acids is 1. The molecule has 0 amide bonds. The van der Waals surface area contributed by atoms with Gasteiger partial charge in [0.05, 0.1) is 4.90 Å². The third-order valence-electron chi connectivity index (χ3n) is 4.15. The SMILES string of the molecule is CS(=O)(=O)c1ccc(C(=C2CCCC2=O)c2cccc(Cl)c2)cc1. The fraction of sp³-hybridized carbons (Fsp3) is 0.211. The van der Waals surface area contributed by atoms with Crippen LogP contribution in [0, 0.1) is 0 Å². The topological polar surface area (TPSA) is 51.2 Å². The minimum Gasteiger partial charge on any atom is -0.295 e. The molecule has 0 saturated heterocycles. The molecule has 24 heavy (non-hydrogen) atoms. The van der Waals surface area contributed by atoms with Gasteiger partial charge in [-0.05, 0) is 53.8 Å². The van der Waals surface area contributed by atoms with Gasteiger partial charge in [0.1, 0.15) is 0 Å². The van der Waals surface area contributed by atoms with Crippen molar-refractivity contribution in [1.29, 1.82) is 0 Å². The third-order valence-corrected chi connectivity index (χ3v) is 5.52. The second-order valence-electron chi connectivity index (χ2n) is 5.94. The quantitative estimate of drug-likeness (QED) is 0.767. The highest BCUT2D eigenvalue weighted by Crippen LogP contribution is 2.35. The van der Waals surface area contributed by atoms with Gasteiger partial charge in [-0.15, -0.1) is 0 Å². The average molecular weight is 361 g/mol. The van der Waals surface area contributed by atoms with E-state index in [9.17, 15) is 13.2 Å². The van der Waals surface area contributed by atoms with Crippen molar-refractivity contribution < 1.29 is 13.2 Å². The zero-order valence-corrected chi connectivity index (χ0v) is 14.8. The van der Waals surface area contributed by atoms with Gasteiger partial charge in [0.15, 0.2) is 15.6 Å². The lowest BCUT2D eigenvalue weighted by Gasteiger charge is -2.13. The number of carbonyl (C=O) groups is 1. The highest BCUT2D eigenvalue weighted by molar-refractivity contribution is 7.90. The molecule has 0 bridgehead atoms. The summed E-state index contributed by atoms with van der Waals surface area (Å²) in [6.07, 6.45) is 3.31. The number of allylic oxidation sites excluding steroid dienone is 1. The first kappa shape index (κ1) is 16.9. The zero-order chi connectivity index (χ0) is 17.3. The molecule has 1 saturated carbocycles. The second kappa shape index (κ2) is 6.54. The third kappa shape index (κ3) is 3.45. The Hall–Kier alpha value is -1.91. The molecule has 3 rings (SSSR count). The summed E-state index contributed by atoms with van der Waals surface area (Å²) in [6, 6.07) is 14.1. The second-order valence-corrected chi connectivity index (χ2v) is 8.39. The maximum atomic E-state index is 12.3. The average Bonchev–Trinajstić information content (AvgIpc) is 2.93. The molecular formula is C19H17ClO3S. The lowest BCUT2D eigenvalue weighted by Crippen LogP contribution is -2.01. The first-order valence-corrected chi connectivity index (χ1v) is 9.96. The van der Waals surface area contributed by atoms with E-state index in [0.717, 1.165) is 35.1 Å². The first-order valence-electron chi connectivity index (χ1n) is 7.69. The molecule has 0 spiro atoms. The highest BCUT2D eigenvalue weighted by Gasteiger charge is 2.23. The van der Waals surface area contributed by atoms with Crippen LogP contribution in [0.5, 0.6) is 0 Å². The summed E-state index contributed by atoms with van der Waals surface area (Å²) in [5.74, 6) is 0.150. The maximum absolute atomic E-state index is 12.3. The fourth-order valence-electron chi connectivity index (χ4n) is 3.01. The van der Waals surface area contributed by atoms with Crippen LogP contribution in [0.4, 0.5) is 0 Å². The molecule has 2 aromatic carbocycles. The van der Waals surface area contributed by atoms with Gasteiger partial charge in [0, 0.05) is 23.3 Å². The number of sulfone groups is 1. The van der Waals surface area contributed by atoms with Crippen molar-refractivity contribution in [3.05, 3.63) is 70.3 Å². The highest BCUT2D eigenvalue weighted by atomic mass is 35.5. The van der Waals surface area contributed by atoms with E-state index in [1.54, 1.807) is 30.3 Å². The van der Waals surface area contributed by atoms with Crippen LogP contribution in [0.2, 0.25) is 5.02 Å². The summed E-state index contributed by atoms with van der Waals surface area (Å²) >= 11 is 6.12. The van der Waals surface area contributed by atoms with Crippen LogP contribution in [0.15, 0.2) is 59.0 Å². The standard InChI is InChI=1S/C19H17ClO3S/c1-24(22,23)16-10-8-13(9-11-16)19(17-6-3-7-18(17)21)14-4-2-5-15(20)12-14/h2,4-5,8-12H,3,6-7H2,1H3. The summed E-state index contributed by atoms with van der Waals surface area (Å²) < 4.78 is 23.3. The predicted molar refractivity (Wildman–Crippen MR) is 95.9 cm³/mol. The van der Waals surface area contributed by atoms with E-state index < -0.39 is 9.84 Å². The zero-order valence-electron chi connectivity index (χ0n) is 13.3. The van der Waals surface area contributed by atoms with Gasteiger partial charge in [0.25, 0.3) is 0 Å². The molecule has 0 heterocycles. The Bertz CT molecular complexity index is 925. The van der Waals surface area contributed by atoms with Crippen LogP contribution >= 0.6 is 11.6 Å². The monoisotopic (exact) mass is 360 g/mol. The molecule has 3 nitrogen and oxygen atoms in total. The summed E-state index contributed by atoms with van der Waals surface area (Å²) in [4.78, 5) is 12.6. The number of rotatable bonds is 3. The van der Waals surface area contributed by atoms with E-state index in [1.165, 1.54) is 6.26 Å². The molecule has 0 aliphatic heterocycles. The molecule has 0 unspecified atom stereocenters. The van der Waals surface area contributed by atoms with Crippen molar-refractivity contribution in [2.45, 2.75) is 24.2 Å². The van der Waals surface area contributed by atoms with Crippen LogP contribution in [-0.2, 0) is 14.6 Å². The van der Waals surface area contributed by atoms with Gasteiger partial charge in [0.2, 0.25) is 0 Å². The van der Waals surface area contributed by atoms with Crippen LogP contribution in [-0.4, -0.2) is 20.5 Å². The minimum atomic E-state index is -3.25. The Morgan fingerprint density at radius 2 is 1.71 bits per heavy atom. The van der Waals surface area contributed by atoms with Crippen LogP contribution < -0.4 is 0 Å². The van der Waals surface area contributed by atoms with Crippen molar-refractivity contribution >= 4 is 32.8 Å². The number of hydrogen-bond donors (Lipinski definition) is 0. The Labute approximate surface area is 146 Å². The molecule has 0 N–H and O–H groups in total. The molecule has 2 aromatic rings. The Kier molecular flexibility index (Phi) is 4.61. The Morgan fingerprint density at radius 3 is 2.25 bits per heavy atom. The predicted octanol–water partition coefficient (Wildman–Crippen LogP) is 4.30. The molecule has 1 fully saturated rings. The number of ketones is 1. The van der Waals surface area contributed by atoms with Crippen LogP contribution in [0.1, 0.15) is 30.4 Å². The lowest BCUT2D eigenvalue weighted by molar-refractivity contribution is -0.114. The van der Waals surface area contributed by atoms with Gasteiger partial charge in [-0.1, -0.05) is 35.9 Å². The summed E-state index contributed by atoms with van der Waals surface area (Å²) in [5, 5.41) is 0.601. The first-order chi connectivity index (χ1) is 11.4. The van der Waals surface area contributed by atoms with Gasteiger partial charge in [-0.3, -0.25) is 4.79 Å². The molecule has 0 radical (unpaired) electrons. The Morgan fingerprint density at radius 1 is 1.00 bits per heavy atom. The van der Waals surface area contributed by atoms with Gasteiger partial charge in [-0.2, -0.15) is 0 Å². The van der Waals surface area contributed by atoms with Crippen LogP contribution in [0.3, 0.4) is 0 Å². The van der Waals surface area contributed by atoms with Crippen molar-refractivity contribution in [3.8, 4) is 0 Å². The van der Waals surface area contributed by atoms with E-state index in [0.29, 0.717) is 11.4 Å². The molecule has 1 aliphatic rings. The molecular weight excluding hydrogens is 344 g/mol. The molecule has 0 aromatic heterocycles. The van der Waals surface area contributed by atoms with E-state index >= 15 is 0 Å². The maximum Gasteiger partial charge on any atom is 0.175 e. The molecule has 124 valence electrons. The van der Waals surface area contributed by atoms with Crippen molar-refractivity contribution in [2.24, 2.45) is 0 Å². The van der Waals surface area contributed by atoms with E-state index in [4.69, 9.17) is 11.6 Å². The van der Waals surface area contributed by atoms with E-state index in [2.05, 4.69) is 0 Å². The van der Waals surface area contributed by atoms with E-state index in [-0.39, 0.29) is 10.7 Å². The van der Waals surface area contributed by atoms with Crippen molar-refractivity contribution in [2.75, 3.05) is 6.26 Å². The number of benzene rings is 2. The normalized spacial score (nSPS) is 17.2. The minimum absolute atomic E-state index is 0.150. The van der Waals surface area contributed by atoms with Crippen molar-refractivity contribution in [3.63, 3.8) is 0 Å². The summed E-state index contributed by atoms with van der Waals surface area (Å²) in [5.41, 5.74) is 3.35. The fourth-order valence-corrected chi connectivity index (χ4v) is 3.83.